The second kappa shape index (κ2) is 9.11. The Hall–Kier alpha value is -4.28. The van der Waals surface area contributed by atoms with Gasteiger partial charge in [0, 0.05) is 58.5 Å². The molecule has 42 heavy (non-hydrogen) atoms. The van der Waals surface area contributed by atoms with Crippen molar-refractivity contribution in [3.63, 3.8) is 0 Å². The molecule has 1 fully saturated rings. The van der Waals surface area contributed by atoms with E-state index in [2.05, 4.69) is 20.3 Å². The summed E-state index contributed by atoms with van der Waals surface area (Å²) in [5, 5.41) is 8.74. The number of aromatic nitrogens is 6. The van der Waals surface area contributed by atoms with Gasteiger partial charge in [-0.2, -0.15) is 0 Å². The van der Waals surface area contributed by atoms with Crippen LogP contribution in [0.2, 0.25) is 10.2 Å². The van der Waals surface area contributed by atoms with Gasteiger partial charge in [-0.1, -0.05) is 28.4 Å². The summed E-state index contributed by atoms with van der Waals surface area (Å²) in [5.41, 5.74) is 4.98. The number of aromatic amines is 1. The molecule has 8 rings (SSSR count). The number of pyridine rings is 1. The van der Waals surface area contributed by atoms with Crippen molar-refractivity contribution in [3.05, 3.63) is 98.3 Å². The summed E-state index contributed by atoms with van der Waals surface area (Å²) in [6, 6.07) is 12.2. The van der Waals surface area contributed by atoms with Gasteiger partial charge in [0.1, 0.15) is 11.6 Å². The van der Waals surface area contributed by atoms with Gasteiger partial charge < -0.3 is 14.5 Å². The number of hydrogen-bond donors (Lipinski definition) is 1. The number of amides is 1. The molecule has 9 nitrogen and oxygen atoms in total. The van der Waals surface area contributed by atoms with Gasteiger partial charge in [-0.3, -0.25) is 9.59 Å². The third-order valence-electron chi connectivity index (χ3n) is 8.69. The van der Waals surface area contributed by atoms with E-state index in [9.17, 15) is 9.59 Å². The van der Waals surface area contributed by atoms with Crippen LogP contribution in [0, 0.1) is 11.7 Å². The molecule has 0 radical (unpaired) electrons. The number of nitrogens with one attached hydrogen (secondary N) is 1. The van der Waals surface area contributed by atoms with Gasteiger partial charge >= 0.3 is 0 Å². The Kier molecular flexibility index (Phi) is 5.52. The van der Waals surface area contributed by atoms with Crippen LogP contribution in [0.5, 0.6) is 0 Å². The molecule has 3 aliphatic rings. The maximum absolute atomic E-state index is 15.6. The molecule has 1 amide bonds. The molecule has 210 valence electrons. The number of halogens is 3. The minimum atomic E-state index is -0.356. The molecule has 1 saturated carbocycles. The van der Waals surface area contributed by atoms with Crippen molar-refractivity contribution in [1.29, 1.82) is 0 Å². The highest BCUT2D eigenvalue weighted by atomic mass is 35.5. The highest BCUT2D eigenvalue weighted by molar-refractivity contribution is 6.31. The smallest absolute Gasteiger partial charge is 0.252 e. The second-order valence-corrected chi connectivity index (χ2v) is 11.9. The van der Waals surface area contributed by atoms with Crippen LogP contribution >= 0.6 is 23.2 Å². The van der Waals surface area contributed by atoms with Gasteiger partial charge in [-0.15, -0.1) is 5.10 Å². The maximum atomic E-state index is 15.6. The number of fused-ring (bicyclic) bond motifs is 4. The Labute approximate surface area is 248 Å². The number of rotatable bonds is 4. The molecule has 5 heterocycles. The van der Waals surface area contributed by atoms with E-state index in [-0.39, 0.29) is 46.7 Å². The van der Waals surface area contributed by atoms with Crippen molar-refractivity contribution >= 4 is 34.8 Å². The summed E-state index contributed by atoms with van der Waals surface area (Å²) in [7, 11) is 1.66. The van der Waals surface area contributed by atoms with E-state index >= 15 is 4.39 Å². The molecule has 12 heteroatoms. The molecule has 0 spiro atoms. The van der Waals surface area contributed by atoms with Crippen LogP contribution in [0.3, 0.4) is 0 Å². The van der Waals surface area contributed by atoms with E-state index in [1.807, 2.05) is 12.1 Å². The van der Waals surface area contributed by atoms with Crippen LogP contribution in [0.4, 0.5) is 10.1 Å². The molecular formula is C30H22Cl2FN7O2. The Morgan fingerprint density at radius 1 is 1.02 bits per heavy atom. The van der Waals surface area contributed by atoms with Gasteiger partial charge in [-0.05, 0) is 60.7 Å². The third-order valence-corrected chi connectivity index (χ3v) is 9.10. The topological polar surface area (TPSA) is 102 Å². The van der Waals surface area contributed by atoms with Gasteiger partial charge in [0.05, 0.1) is 29.8 Å². The predicted molar refractivity (Wildman–Crippen MR) is 156 cm³/mol. The first-order valence-corrected chi connectivity index (χ1v) is 14.3. The van der Waals surface area contributed by atoms with Crippen molar-refractivity contribution in [2.75, 3.05) is 11.9 Å². The Balaban J connectivity index is 1.17. The lowest BCUT2D eigenvalue weighted by Gasteiger charge is -2.26. The van der Waals surface area contributed by atoms with Crippen molar-refractivity contribution in [2.24, 2.45) is 5.92 Å². The average Bonchev–Trinajstić information content (AvgIpc) is 3.26. The SMILES string of the molecule is CN1C(=O)CCc2c1ccc(-c1cnc(C3C4CC4c4cc(-c5cc(Cl)ccc5-n5cc(Cl)nn5)cc(=O)n43)[nH]1)c2F. The largest absolute Gasteiger partial charge is 0.340 e. The van der Waals surface area contributed by atoms with Crippen LogP contribution < -0.4 is 10.5 Å². The summed E-state index contributed by atoms with van der Waals surface area (Å²) in [6.07, 6.45) is 4.77. The lowest BCUT2D eigenvalue weighted by atomic mass is 9.97. The quantitative estimate of drug-likeness (QED) is 0.291. The van der Waals surface area contributed by atoms with Crippen LogP contribution in [0.1, 0.15) is 41.9 Å². The van der Waals surface area contributed by atoms with Crippen LogP contribution in [-0.2, 0) is 11.2 Å². The first-order valence-electron chi connectivity index (χ1n) is 13.6. The van der Waals surface area contributed by atoms with Crippen molar-refractivity contribution < 1.29 is 9.18 Å². The van der Waals surface area contributed by atoms with Gasteiger partial charge in [-0.25, -0.2) is 14.1 Å². The number of anilines is 1. The normalized spacial score (nSPS) is 20.4. The Bertz CT molecular complexity index is 2020. The molecule has 0 saturated heterocycles. The summed E-state index contributed by atoms with van der Waals surface area (Å²) < 4.78 is 19.0. The van der Waals surface area contributed by atoms with E-state index in [0.29, 0.717) is 45.5 Å². The molecule has 3 atom stereocenters. The fourth-order valence-electron chi connectivity index (χ4n) is 6.59. The minimum Gasteiger partial charge on any atom is -0.340 e. The summed E-state index contributed by atoms with van der Waals surface area (Å²) >= 11 is 12.4. The van der Waals surface area contributed by atoms with E-state index in [1.165, 1.54) is 4.90 Å². The fourth-order valence-corrected chi connectivity index (χ4v) is 6.89. The molecular weight excluding hydrogens is 580 g/mol. The maximum Gasteiger partial charge on any atom is 0.252 e. The molecule has 2 aliphatic heterocycles. The zero-order chi connectivity index (χ0) is 28.9. The molecule has 1 N–H and O–H groups in total. The Morgan fingerprint density at radius 2 is 1.86 bits per heavy atom. The number of H-pyrrole nitrogens is 1. The van der Waals surface area contributed by atoms with E-state index in [0.717, 1.165) is 23.2 Å². The van der Waals surface area contributed by atoms with Crippen molar-refractivity contribution in [3.8, 4) is 28.1 Å². The number of hydrogen-bond acceptors (Lipinski definition) is 5. The number of nitrogens with zero attached hydrogens (tertiary/aromatic N) is 6. The Morgan fingerprint density at radius 3 is 2.67 bits per heavy atom. The predicted octanol–water partition coefficient (Wildman–Crippen LogP) is 5.55. The standard InChI is InChI=1S/C30H22Cl2FN7O2/c1-38-22-6-3-16(28(33)17(22)4-7-26(38)41)21-12-34-30(35-21)29-20-11-19(20)24-8-14(9-27(42)40(24)29)18-10-15(31)2-5-23(18)39-13-25(32)36-37-39/h2-3,5-6,8-10,12-13,19-20,29H,4,7,11H2,1H3,(H,34,35). The van der Waals surface area contributed by atoms with Crippen LogP contribution in [0.15, 0.2) is 59.7 Å². The van der Waals surface area contributed by atoms with Gasteiger partial charge in [0.2, 0.25) is 5.91 Å². The lowest BCUT2D eigenvalue weighted by molar-refractivity contribution is -0.118. The average molecular weight is 602 g/mol. The minimum absolute atomic E-state index is 0.0275. The van der Waals surface area contributed by atoms with E-state index in [1.54, 1.807) is 59.0 Å². The highest BCUT2D eigenvalue weighted by Crippen LogP contribution is 2.60. The number of imidazole rings is 1. The molecule has 0 bridgehead atoms. The highest BCUT2D eigenvalue weighted by Gasteiger charge is 2.54. The van der Waals surface area contributed by atoms with Gasteiger partial charge in [0.15, 0.2) is 5.15 Å². The first-order chi connectivity index (χ1) is 20.3. The molecule has 5 aromatic rings. The van der Waals surface area contributed by atoms with Crippen molar-refractivity contribution in [2.45, 2.75) is 31.2 Å². The number of carbonyl (C=O) groups is 1. The molecule has 3 aromatic heterocycles. The van der Waals surface area contributed by atoms with Gasteiger partial charge in [0.25, 0.3) is 5.56 Å². The van der Waals surface area contributed by atoms with E-state index in [4.69, 9.17) is 23.2 Å². The molecule has 1 aliphatic carbocycles. The summed E-state index contributed by atoms with van der Waals surface area (Å²) in [5.74, 6) is 0.670. The zero-order valence-corrected chi connectivity index (χ0v) is 23.7. The number of carbonyl (C=O) groups excluding carboxylic acids is 1. The van der Waals surface area contributed by atoms with Crippen LogP contribution in [0.25, 0.3) is 28.1 Å². The lowest BCUT2D eigenvalue weighted by Crippen LogP contribution is -2.31. The zero-order valence-electron chi connectivity index (χ0n) is 22.2. The summed E-state index contributed by atoms with van der Waals surface area (Å²) in [4.78, 5) is 35.2. The first kappa shape index (κ1) is 25.4. The van der Waals surface area contributed by atoms with E-state index < -0.39 is 0 Å². The molecule has 2 aromatic carbocycles. The monoisotopic (exact) mass is 601 g/mol. The van der Waals surface area contributed by atoms with Crippen molar-refractivity contribution in [1.82, 2.24) is 29.5 Å². The number of benzene rings is 2. The molecule has 3 unspecified atom stereocenters. The second-order valence-electron chi connectivity index (χ2n) is 11.0. The fraction of sp³-hybridized carbons (Fsp3) is 0.233. The third kappa shape index (κ3) is 3.78. The summed E-state index contributed by atoms with van der Waals surface area (Å²) in [6.45, 7) is 0. The van der Waals surface area contributed by atoms with Crippen LogP contribution in [-0.4, -0.2) is 42.5 Å².